The van der Waals surface area contributed by atoms with Crippen LogP contribution in [0.1, 0.15) is 21.5 Å². The van der Waals surface area contributed by atoms with Gasteiger partial charge in [-0.05, 0) is 55.8 Å². The highest BCUT2D eigenvalue weighted by atomic mass is 32.2. The summed E-state index contributed by atoms with van der Waals surface area (Å²) >= 11 is 0. The van der Waals surface area contributed by atoms with Gasteiger partial charge in [-0.2, -0.15) is 0 Å². The number of nitrogens with one attached hydrogen (secondary N) is 1. The maximum absolute atomic E-state index is 11.5. The van der Waals surface area contributed by atoms with Crippen molar-refractivity contribution in [3.8, 4) is 5.75 Å². The second-order valence-corrected chi connectivity index (χ2v) is 8.59. The van der Waals surface area contributed by atoms with E-state index in [1.54, 1.807) is 18.2 Å². The molecular weight excluding hydrogens is 378 g/mol. The van der Waals surface area contributed by atoms with Crippen LogP contribution in [0.4, 0.5) is 5.69 Å². The molecule has 2 aromatic rings. The zero-order chi connectivity index (χ0) is 20.7. The summed E-state index contributed by atoms with van der Waals surface area (Å²) in [5.74, 6) is 0.00651. The summed E-state index contributed by atoms with van der Waals surface area (Å²) in [5, 5.41) is 0. The number of ether oxygens (including phenoxy) is 1. The minimum Gasteiger partial charge on any atom is -0.491 e. The first-order valence-electron chi connectivity index (χ1n) is 8.92. The van der Waals surface area contributed by atoms with Gasteiger partial charge in [-0.15, -0.1) is 0 Å². The van der Waals surface area contributed by atoms with Crippen LogP contribution in [0.2, 0.25) is 0 Å². The molecule has 0 spiro atoms. The Kier molecular flexibility index (Phi) is 7.42. The van der Waals surface area contributed by atoms with E-state index in [2.05, 4.69) is 9.62 Å². The van der Waals surface area contributed by atoms with Gasteiger partial charge in [0.2, 0.25) is 10.0 Å². The standard InChI is InChI=1S/C20H27N3O4S/c1-15-4-9-18(20(21)24)19(14-15)27-13-12-23(2)11-10-16-5-7-17(8-6-16)22-28(3,25)26/h4-9,14,22H,10-13H2,1-3H3,(H2,21,24). The van der Waals surface area contributed by atoms with E-state index >= 15 is 0 Å². The lowest BCUT2D eigenvalue weighted by molar-refractivity contribution is 0.0995. The number of rotatable bonds is 10. The van der Waals surface area contributed by atoms with Crippen LogP contribution in [0.15, 0.2) is 42.5 Å². The van der Waals surface area contributed by atoms with Crippen LogP contribution in [-0.2, 0) is 16.4 Å². The number of anilines is 1. The fourth-order valence-corrected chi connectivity index (χ4v) is 3.21. The summed E-state index contributed by atoms with van der Waals surface area (Å²) in [7, 11) is -1.27. The Labute approximate surface area is 166 Å². The normalized spacial score (nSPS) is 11.4. The zero-order valence-electron chi connectivity index (χ0n) is 16.4. The highest BCUT2D eigenvalue weighted by Crippen LogP contribution is 2.19. The van der Waals surface area contributed by atoms with Crippen LogP contribution in [0.5, 0.6) is 5.75 Å². The van der Waals surface area contributed by atoms with Crippen molar-refractivity contribution in [2.75, 3.05) is 37.7 Å². The van der Waals surface area contributed by atoms with Crippen LogP contribution >= 0.6 is 0 Å². The van der Waals surface area contributed by atoms with Crippen molar-refractivity contribution in [3.05, 3.63) is 59.2 Å². The topological polar surface area (TPSA) is 102 Å². The van der Waals surface area contributed by atoms with E-state index in [4.69, 9.17) is 10.5 Å². The van der Waals surface area contributed by atoms with Crippen molar-refractivity contribution in [2.45, 2.75) is 13.3 Å². The van der Waals surface area contributed by atoms with Gasteiger partial charge in [-0.3, -0.25) is 9.52 Å². The van der Waals surface area contributed by atoms with Gasteiger partial charge in [0, 0.05) is 18.8 Å². The van der Waals surface area contributed by atoms with E-state index in [0.29, 0.717) is 30.2 Å². The molecule has 0 unspecified atom stereocenters. The largest absolute Gasteiger partial charge is 0.491 e. The van der Waals surface area contributed by atoms with E-state index in [1.165, 1.54) is 0 Å². The number of nitrogens with zero attached hydrogens (tertiary/aromatic N) is 1. The number of carbonyl (C=O) groups excluding carboxylic acids is 1. The Bertz CT molecular complexity index is 912. The van der Waals surface area contributed by atoms with Gasteiger partial charge in [-0.1, -0.05) is 18.2 Å². The molecule has 0 fully saturated rings. The summed E-state index contributed by atoms with van der Waals surface area (Å²) in [6.45, 7) is 3.89. The SMILES string of the molecule is Cc1ccc(C(N)=O)c(OCCN(C)CCc2ccc(NS(C)(=O)=O)cc2)c1. The van der Waals surface area contributed by atoms with Crippen LogP contribution in [0.25, 0.3) is 0 Å². The minimum atomic E-state index is -3.26. The lowest BCUT2D eigenvalue weighted by Gasteiger charge is -2.18. The first-order chi connectivity index (χ1) is 13.1. The monoisotopic (exact) mass is 405 g/mol. The highest BCUT2D eigenvalue weighted by Gasteiger charge is 2.10. The highest BCUT2D eigenvalue weighted by molar-refractivity contribution is 7.92. The third-order valence-corrected chi connectivity index (χ3v) is 4.78. The first kappa shape index (κ1) is 21.7. The van der Waals surface area contributed by atoms with Crippen LogP contribution in [0.3, 0.4) is 0 Å². The molecule has 152 valence electrons. The quantitative estimate of drug-likeness (QED) is 0.630. The van der Waals surface area contributed by atoms with E-state index in [0.717, 1.165) is 30.3 Å². The number of primary amides is 1. The van der Waals surface area contributed by atoms with Gasteiger partial charge in [0.15, 0.2) is 0 Å². The molecule has 0 saturated heterocycles. The molecule has 0 saturated carbocycles. The van der Waals surface area contributed by atoms with E-state index in [9.17, 15) is 13.2 Å². The molecule has 2 aromatic carbocycles. The van der Waals surface area contributed by atoms with E-state index < -0.39 is 15.9 Å². The van der Waals surface area contributed by atoms with E-state index in [-0.39, 0.29) is 0 Å². The van der Waals surface area contributed by atoms with E-state index in [1.807, 2.05) is 38.2 Å². The van der Waals surface area contributed by atoms with Crippen molar-refractivity contribution in [2.24, 2.45) is 5.73 Å². The van der Waals surface area contributed by atoms with Crippen molar-refractivity contribution in [1.82, 2.24) is 4.90 Å². The molecule has 0 aliphatic carbocycles. The first-order valence-corrected chi connectivity index (χ1v) is 10.8. The van der Waals surface area contributed by atoms with Crippen molar-refractivity contribution in [1.29, 1.82) is 0 Å². The number of nitrogens with two attached hydrogens (primary N) is 1. The maximum Gasteiger partial charge on any atom is 0.252 e. The summed E-state index contributed by atoms with van der Waals surface area (Å²) in [5.41, 5.74) is 8.44. The number of hydrogen-bond donors (Lipinski definition) is 2. The third kappa shape index (κ3) is 7.21. The fraction of sp³-hybridized carbons (Fsp3) is 0.350. The Morgan fingerprint density at radius 1 is 1.14 bits per heavy atom. The Morgan fingerprint density at radius 3 is 2.43 bits per heavy atom. The molecule has 3 N–H and O–H groups in total. The number of carbonyl (C=O) groups is 1. The molecular formula is C20H27N3O4S. The van der Waals surface area contributed by atoms with Crippen LogP contribution < -0.4 is 15.2 Å². The predicted molar refractivity (Wildman–Crippen MR) is 111 cm³/mol. The average Bonchev–Trinajstić information content (AvgIpc) is 2.59. The molecule has 0 aliphatic heterocycles. The Hall–Kier alpha value is -2.58. The van der Waals surface area contributed by atoms with Crippen LogP contribution in [0, 0.1) is 6.92 Å². The molecule has 0 bridgehead atoms. The molecule has 0 heterocycles. The summed E-state index contributed by atoms with van der Waals surface area (Å²) in [6.07, 6.45) is 1.95. The van der Waals surface area contributed by atoms with Gasteiger partial charge in [-0.25, -0.2) is 8.42 Å². The number of hydrogen-bond acceptors (Lipinski definition) is 5. The molecule has 0 radical (unpaired) electrons. The van der Waals surface area contributed by atoms with Gasteiger partial charge in [0.05, 0.1) is 11.8 Å². The smallest absolute Gasteiger partial charge is 0.252 e. The molecule has 0 aromatic heterocycles. The van der Waals surface area contributed by atoms with Gasteiger partial charge in [0.1, 0.15) is 12.4 Å². The lowest BCUT2D eigenvalue weighted by Crippen LogP contribution is -2.27. The summed E-state index contributed by atoms with van der Waals surface area (Å²) in [4.78, 5) is 13.6. The molecule has 0 atom stereocenters. The summed E-state index contributed by atoms with van der Waals surface area (Å²) < 4.78 is 30.7. The van der Waals surface area contributed by atoms with Gasteiger partial charge in [0.25, 0.3) is 5.91 Å². The Balaban J connectivity index is 1.80. The maximum atomic E-state index is 11.5. The number of amides is 1. The molecule has 1 amide bonds. The van der Waals surface area contributed by atoms with Crippen molar-refractivity contribution < 1.29 is 17.9 Å². The number of benzene rings is 2. The predicted octanol–water partition coefficient (Wildman–Crippen LogP) is 2.02. The van der Waals surface area contributed by atoms with Crippen LogP contribution in [-0.4, -0.2) is 52.2 Å². The second-order valence-electron chi connectivity index (χ2n) is 6.84. The van der Waals surface area contributed by atoms with Gasteiger partial charge < -0.3 is 15.4 Å². The fourth-order valence-electron chi connectivity index (χ4n) is 2.65. The third-order valence-electron chi connectivity index (χ3n) is 4.17. The number of sulfonamides is 1. The number of likely N-dealkylation sites (N-methyl/N-ethyl adjacent to an activating group) is 1. The van der Waals surface area contributed by atoms with Crippen molar-refractivity contribution in [3.63, 3.8) is 0 Å². The molecule has 8 heteroatoms. The second kappa shape index (κ2) is 9.57. The number of aryl methyl sites for hydroxylation is 1. The summed E-state index contributed by atoms with van der Waals surface area (Å²) in [6, 6.07) is 12.6. The molecule has 2 rings (SSSR count). The van der Waals surface area contributed by atoms with Gasteiger partial charge >= 0.3 is 0 Å². The molecule has 28 heavy (non-hydrogen) atoms. The lowest BCUT2D eigenvalue weighted by atomic mass is 10.1. The minimum absolute atomic E-state index is 0.385. The zero-order valence-corrected chi connectivity index (χ0v) is 17.3. The van der Waals surface area contributed by atoms with Crippen molar-refractivity contribution >= 4 is 21.6 Å². The average molecular weight is 406 g/mol. The Morgan fingerprint density at radius 2 is 1.82 bits per heavy atom. The molecule has 7 nitrogen and oxygen atoms in total. The molecule has 0 aliphatic rings.